The first kappa shape index (κ1) is 16.8. The van der Waals surface area contributed by atoms with Crippen LogP contribution in [-0.2, 0) is 4.79 Å². The molecule has 1 amide bonds. The van der Waals surface area contributed by atoms with E-state index < -0.39 is 23.4 Å². The van der Waals surface area contributed by atoms with E-state index >= 15 is 0 Å². The lowest BCUT2D eigenvalue weighted by Crippen LogP contribution is -2.30. The number of para-hydroxylation sites is 2. The average molecular weight is 346 g/mol. The number of hydrogen-bond donors (Lipinski definition) is 1. The first-order valence-corrected chi connectivity index (χ1v) is 7.31. The third-order valence-electron chi connectivity index (χ3n) is 3.58. The van der Waals surface area contributed by atoms with Crippen LogP contribution in [0.4, 0.5) is 24.5 Å². The predicted octanol–water partition coefficient (Wildman–Crippen LogP) is 4.37. The summed E-state index contributed by atoms with van der Waals surface area (Å²) in [5.41, 5.74) is -1.07. The van der Waals surface area contributed by atoms with Crippen LogP contribution in [-0.4, -0.2) is 24.9 Å². The zero-order valence-corrected chi connectivity index (χ0v) is 13.1. The van der Waals surface area contributed by atoms with Crippen molar-refractivity contribution in [1.29, 1.82) is 0 Å². The third kappa shape index (κ3) is 3.55. The number of ether oxygens (including phenoxy) is 1. The second-order valence-electron chi connectivity index (χ2n) is 5.26. The number of fused-ring (bicyclic) bond motifs is 1. The van der Waals surface area contributed by atoms with E-state index in [9.17, 15) is 18.0 Å². The van der Waals surface area contributed by atoms with Gasteiger partial charge < -0.3 is 10.1 Å². The molecule has 1 aliphatic rings. The highest BCUT2D eigenvalue weighted by Crippen LogP contribution is 2.34. The lowest BCUT2D eigenvalue weighted by atomic mass is 10.0. The Hall–Kier alpha value is -3.09. The van der Waals surface area contributed by atoms with Crippen LogP contribution >= 0.6 is 0 Å². The highest BCUT2D eigenvalue weighted by Gasteiger charge is 2.41. The molecule has 2 aromatic rings. The SMILES string of the molecule is COc1ccc(/C=C2\C(=O)Nc3ccccc3N=C2C(F)(F)F)cc1. The van der Waals surface area contributed by atoms with Crippen molar-refractivity contribution in [3.05, 3.63) is 59.7 Å². The van der Waals surface area contributed by atoms with Crippen molar-refractivity contribution in [2.45, 2.75) is 6.18 Å². The van der Waals surface area contributed by atoms with Gasteiger partial charge in [0.05, 0.1) is 24.1 Å². The summed E-state index contributed by atoms with van der Waals surface area (Å²) in [7, 11) is 1.48. The molecule has 0 bridgehead atoms. The molecule has 4 nitrogen and oxygen atoms in total. The summed E-state index contributed by atoms with van der Waals surface area (Å²) in [5.74, 6) is -0.304. The van der Waals surface area contributed by atoms with Crippen LogP contribution in [0.25, 0.3) is 6.08 Å². The standard InChI is InChI=1S/C18H13F3N2O2/c1-25-12-8-6-11(7-9-12)10-13-16(18(19,20)21)22-14-4-2-3-5-15(14)23-17(13)24/h2-10H,1H3,(H,23,24)/b13-10-. The number of hydrogen-bond acceptors (Lipinski definition) is 3. The Morgan fingerprint density at radius 1 is 1.08 bits per heavy atom. The van der Waals surface area contributed by atoms with Gasteiger partial charge in [-0.2, -0.15) is 13.2 Å². The zero-order valence-electron chi connectivity index (χ0n) is 13.1. The lowest BCUT2D eigenvalue weighted by molar-refractivity contribution is -0.112. The van der Waals surface area contributed by atoms with Crippen LogP contribution in [0.3, 0.4) is 0 Å². The number of nitrogens with one attached hydrogen (secondary N) is 1. The summed E-state index contributed by atoms with van der Waals surface area (Å²) in [6.45, 7) is 0. The maximum Gasteiger partial charge on any atom is 0.434 e. The van der Waals surface area contributed by atoms with Gasteiger partial charge in [-0.15, -0.1) is 0 Å². The van der Waals surface area contributed by atoms with Crippen molar-refractivity contribution < 1.29 is 22.7 Å². The number of benzene rings is 2. The van der Waals surface area contributed by atoms with Crippen LogP contribution in [0, 0.1) is 0 Å². The van der Waals surface area contributed by atoms with Gasteiger partial charge in [-0.3, -0.25) is 4.79 Å². The van der Waals surface area contributed by atoms with Crippen LogP contribution < -0.4 is 10.1 Å². The van der Waals surface area contributed by atoms with E-state index in [0.717, 1.165) is 6.08 Å². The lowest BCUT2D eigenvalue weighted by Gasteiger charge is -2.11. The van der Waals surface area contributed by atoms with E-state index in [1.54, 1.807) is 36.4 Å². The molecule has 128 valence electrons. The molecule has 0 aliphatic carbocycles. The second kappa shape index (κ2) is 6.43. The molecule has 0 fully saturated rings. The van der Waals surface area contributed by atoms with Crippen LogP contribution in [0.15, 0.2) is 59.1 Å². The maximum absolute atomic E-state index is 13.5. The zero-order chi connectivity index (χ0) is 18.0. The number of carbonyl (C=O) groups excluding carboxylic acids is 1. The van der Waals surface area contributed by atoms with Crippen molar-refractivity contribution in [2.75, 3.05) is 12.4 Å². The molecular weight excluding hydrogens is 333 g/mol. The molecule has 7 heteroatoms. The Morgan fingerprint density at radius 3 is 2.40 bits per heavy atom. The van der Waals surface area contributed by atoms with Gasteiger partial charge in [-0.25, -0.2) is 4.99 Å². The average Bonchev–Trinajstić information content (AvgIpc) is 2.72. The fourth-order valence-electron chi connectivity index (χ4n) is 2.37. The second-order valence-corrected chi connectivity index (χ2v) is 5.26. The minimum absolute atomic E-state index is 0.0568. The summed E-state index contributed by atoms with van der Waals surface area (Å²) in [5, 5.41) is 2.47. The summed E-state index contributed by atoms with van der Waals surface area (Å²) in [6.07, 6.45) is -3.61. The fraction of sp³-hybridized carbons (Fsp3) is 0.111. The number of rotatable bonds is 2. The molecule has 0 unspecified atom stereocenters. The van der Waals surface area contributed by atoms with Gasteiger partial charge in [-0.05, 0) is 35.9 Å². The van der Waals surface area contributed by atoms with Gasteiger partial charge in [0.1, 0.15) is 5.75 Å². The first-order valence-electron chi connectivity index (χ1n) is 7.31. The maximum atomic E-state index is 13.5. The first-order chi connectivity index (χ1) is 11.9. The van der Waals surface area contributed by atoms with Crippen molar-refractivity contribution >= 4 is 29.1 Å². The van der Waals surface area contributed by atoms with Gasteiger partial charge >= 0.3 is 6.18 Å². The Balaban J connectivity index is 2.13. The highest BCUT2D eigenvalue weighted by atomic mass is 19.4. The molecule has 0 spiro atoms. The molecule has 1 aliphatic heterocycles. The molecule has 3 rings (SSSR count). The Labute approximate surface area is 141 Å². The van der Waals surface area contributed by atoms with E-state index in [4.69, 9.17) is 4.74 Å². The fourth-order valence-corrected chi connectivity index (χ4v) is 2.37. The Morgan fingerprint density at radius 2 is 1.76 bits per heavy atom. The number of nitrogens with zero attached hydrogens (tertiary/aromatic N) is 1. The van der Waals surface area contributed by atoms with Crippen molar-refractivity contribution in [1.82, 2.24) is 0 Å². The van der Waals surface area contributed by atoms with E-state index in [1.165, 1.54) is 19.2 Å². The molecule has 2 aromatic carbocycles. The van der Waals surface area contributed by atoms with Crippen molar-refractivity contribution in [3.63, 3.8) is 0 Å². The molecule has 25 heavy (non-hydrogen) atoms. The molecule has 0 radical (unpaired) electrons. The topological polar surface area (TPSA) is 50.7 Å². The number of anilines is 1. The Kier molecular flexibility index (Phi) is 4.31. The Bertz CT molecular complexity index is 869. The number of amides is 1. The monoisotopic (exact) mass is 346 g/mol. The highest BCUT2D eigenvalue weighted by molar-refractivity contribution is 6.31. The quantitative estimate of drug-likeness (QED) is 0.821. The molecule has 1 N–H and O–H groups in total. The van der Waals surface area contributed by atoms with Crippen LogP contribution in [0.5, 0.6) is 5.75 Å². The van der Waals surface area contributed by atoms with Gasteiger partial charge in [0.2, 0.25) is 0 Å². The molecule has 0 saturated carbocycles. The molecule has 1 heterocycles. The van der Waals surface area contributed by atoms with Crippen LogP contribution in [0.2, 0.25) is 0 Å². The molecule has 0 saturated heterocycles. The van der Waals surface area contributed by atoms with Gasteiger partial charge in [-0.1, -0.05) is 24.3 Å². The largest absolute Gasteiger partial charge is 0.497 e. The number of alkyl halides is 3. The third-order valence-corrected chi connectivity index (χ3v) is 3.58. The number of carbonyl (C=O) groups is 1. The normalized spacial score (nSPS) is 15.9. The van der Waals surface area contributed by atoms with Crippen molar-refractivity contribution in [3.8, 4) is 5.75 Å². The number of halogens is 3. The van der Waals surface area contributed by atoms with E-state index in [0.29, 0.717) is 11.3 Å². The summed E-state index contributed by atoms with van der Waals surface area (Å²) in [6, 6.07) is 12.4. The number of aliphatic imine (C=N–C) groups is 1. The van der Waals surface area contributed by atoms with Crippen molar-refractivity contribution in [2.24, 2.45) is 4.99 Å². The molecular formula is C18H13F3N2O2. The number of methoxy groups -OCH3 is 1. The van der Waals surface area contributed by atoms with E-state index in [2.05, 4.69) is 10.3 Å². The minimum atomic E-state index is -4.77. The van der Waals surface area contributed by atoms with Gasteiger partial charge in [0.25, 0.3) is 5.91 Å². The summed E-state index contributed by atoms with van der Waals surface area (Å²) in [4.78, 5) is 16.1. The van der Waals surface area contributed by atoms with E-state index in [1.807, 2.05) is 0 Å². The van der Waals surface area contributed by atoms with Gasteiger partial charge in [0.15, 0.2) is 5.71 Å². The van der Waals surface area contributed by atoms with Crippen LogP contribution in [0.1, 0.15) is 5.56 Å². The molecule has 0 aromatic heterocycles. The van der Waals surface area contributed by atoms with Gasteiger partial charge in [0, 0.05) is 0 Å². The smallest absolute Gasteiger partial charge is 0.434 e. The molecule has 0 atom stereocenters. The minimum Gasteiger partial charge on any atom is -0.497 e. The summed E-state index contributed by atoms with van der Waals surface area (Å²) >= 11 is 0. The predicted molar refractivity (Wildman–Crippen MR) is 89.2 cm³/mol. The van der Waals surface area contributed by atoms with E-state index in [-0.39, 0.29) is 11.4 Å². The summed E-state index contributed by atoms with van der Waals surface area (Å²) < 4.78 is 45.5.